The van der Waals surface area contributed by atoms with Gasteiger partial charge in [0, 0.05) is 58.9 Å². The number of amides is 2. The second-order valence-corrected chi connectivity index (χ2v) is 15.9. The molecule has 52 heavy (non-hydrogen) atoms. The fraction of sp³-hybridized carbons (Fsp3) is 0.900. The first-order valence-corrected chi connectivity index (χ1v) is 21.6. The number of nitrogens with two attached hydrogens (primary N) is 3. The number of carbonyl (C=O) groups is 1. The van der Waals surface area contributed by atoms with Gasteiger partial charge in [-0.2, -0.15) is 0 Å². The molecule has 2 amide bonds. The largest absolute Gasteiger partial charge is 0.370 e. The highest BCUT2D eigenvalue weighted by atomic mass is 16.2. The Bertz CT molecular complexity index is 959. The fourth-order valence-corrected chi connectivity index (χ4v) is 6.25. The molecule has 0 aromatic rings. The molecular weight excluding hydrogens is 651 g/mol. The summed E-state index contributed by atoms with van der Waals surface area (Å²) in [4.78, 5) is 28.5. The highest BCUT2D eigenvalue weighted by molar-refractivity contribution is 5.78. The maximum Gasteiger partial charge on any atom is 0.317 e. The van der Waals surface area contributed by atoms with Crippen LogP contribution in [0.1, 0.15) is 154 Å². The van der Waals surface area contributed by atoms with Crippen molar-refractivity contribution in [3.63, 3.8) is 0 Å². The second kappa shape index (κ2) is 28.6. The van der Waals surface area contributed by atoms with Gasteiger partial charge in [-0.3, -0.25) is 15.0 Å². The standard InChI is InChI=1S/C40H79N11O/c41-37(48-31-34-19-20-34)44-25-13-7-1-2-10-16-28-47-40(52)51(29-17-11-5-3-8-14-26-45-38(42)49-32-35-21-22-35)30-18-12-6-4-9-15-27-46-39(43)50-33-36-23-24-36/h34-36H,1-33H2,(H,47,52)(H3,41,44,48)(H3,42,45,49)(H3,43,46,50). The first kappa shape index (κ1) is 43.5. The van der Waals surface area contributed by atoms with Crippen LogP contribution in [0.4, 0.5) is 4.79 Å². The molecule has 0 atom stereocenters. The molecule has 3 saturated carbocycles. The van der Waals surface area contributed by atoms with Crippen molar-refractivity contribution < 1.29 is 4.79 Å². The number of unbranched alkanes of at least 4 members (excludes halogenated alkanes) is 15. The number of aliphatic imine (C=N–C) groups is 3. The van der Waals surface area contributed by atoms with Crippen molar-refractivity contribution >= 4 is 23.9 Å². The van der Waals surface area contributed by atoms with Gasteiger partial charge in [-0.25, -0.2) is 4.79 Å². The molecule has 0 aromatic carbocycles. The van der Waals surface area contributed by atoms with Crippen LogP contribution in [-0.2, 0) is 0 Å². The number of carbonyl (C=O) groups excluding carboxylic acids is 1. The Hall–Kier alpha value is -2.92. The maximum atomic E-state index is 13.2. The van der Waals surface area contributed by atoms with E-state index in [1.807, 2.05) is 0 Å². The first-order valence-electron chi connectivity index (χ1n) is 21.6. The van der Waals surface area contributed by atoms with Gasteiger partial charge in [0.15, 0.2) is 17.9 Å². The molecule has 0 radical (unpaired) electrons. The topological polar surface area (TPSA) is 184 Å². The second-order valence-electron chi connectivity index (χ2n) is 15.9. The summed E-state index contributed by atoms with van der Waals surface area (Å²) in [6.45, 7) is 7.80. The average Bonchev–Trinajstić information content (AvgIpc) is 3.98. The van der Waals surface area contributed by atoms with E-state index in [1.54, 1.807) is 0 Å². The lowest BCUT2D eigenvalue weighted by Gasteiger charge is -2.23. The Kier molecular flexibility index (Phi) is 23.9. The van der Waals surface area contributed by atoms with Gasteiger partial charge in [0.05, 0.1) is 0 Å². The first-order chi connectivity index (χ1) is 25.5. The lowest BCUT2D eigenvalue weighted by atomic mass is 10.1. The van der Waals surface area contributed by atoms with Crippen LogP contribution >= 0.6 is 0 Å². The van der Waals surface area contributed by atoms with Gasteiger partial charge >= 0.3 is 6.03 Å². The normalized spacial score (nSPS) is 16.6. The lowest BCUT2D eigenvalue weighted by Crippen LogP contribution is -2.41. The van der Waals surface area contributed by atoms with Crippen molar-refractivity contribution in [3.8, 4) is 0 Å². The van der Waals surface area contributed by atoms with Crippen LogP contribution in [0.25, 0.3) is 0 Å². The number of rotatable bonds is 33. The molecule has 300 valence electrons. The highest BCUT2D eigenvalue weighted by Gasteiger charge is 2.21. The Morgan fingerprint density at radius 3 is 1.00 bits per heavy atom. The SMILES string of the molecule is NC(=NCC1CC1)NCCCCCCCCNC(=O)N(CCCCCCCCNC(N)=NCC1CC1)CCCCCCCCNC(N)=NCC1CC1. The number of urea groups is 1. The summed E-state index contributed by atoms with van der Waals surface area (Å²) in [5, 5.41) is 13.0. The summed E-state index contributed by atoms with van der Waals surface area (Å²) in [7, 11) is 0. The molecule has 0 aromatic heterocycles. The highest BCUT2D eigenvalue weighted by Crippen LogP contribution is 2.29. The Balaban J connectivity index is 1.19. The molecule has 3 aliphatic rings. The van der Waals surface area contributed by atoms with Gasteiger partial charge < -0.3 is 43.4 Å². The van der Waals surface area contributed by atoms with Crippen LogP contribution in [0, 0.1) is 17.8 Å². The van der Waals surface area contributed by atoms with E-state index < -0.39 is 0 Å². The van der Waals surface area contributed by atoms with Crippen LogP contribution < -0.4 is 38.5 Å². The number of nitrogens with one attached hydrogen (secondary N) is 4. The van der Waals surface area contributed by atoms with E-state index in [0.717, 1.165) is 122 Å². The van der Waals surface area contributed by atoms with E-state index in [-0.39, 0.29) is 6.03 Å². The molecule has 0 spiro atoms. The van der Waals surface area contributed by atoms with Crippen molar-refractivity contribution in [1.82, 2.24) is 26.2 Å². The van der Waals surface area contributed by atoms with Crippen molar-refractivity contribution in [3.05, 3.63) is 0 Å². The summed E-state index contributed by atoms with van der Waals surface area (Å²) in [6.07, 6.45) is 28.8. The molecule has 3 aliphatic carbocycles. The zero-order valence-electron chi connectivity index (χ0n) is 33.0. The predicted molar refractivity (Wildman–Crippen MR) is 220 cm³/mol. The molecule has 0 saturated heterocycles. The van der Waals surface area contributed by atoms with E-state index in [2.05, 4.69) is 41.1 Å². The van der Waals surface area contributed by atoms with E-state index in [4.69, 9.17) is 17.2 Å². The summed E-state index contributed by atoms with van der Waals surface area (Å²) < 4.78 is 0. The third-order valence-electron chi connectivity index (χ3n) is 10.4. The van der Waals surface area contributed by atoms with Crippen LogP contribution in [0.15, 0.2) is 15.0 Å². The zero-order valence-corrected chi connectivity index (χ0v) is 33.0. The quantitative estimate of drug-likeness (QED) is 0.0247. The van der Waals surface area contributed by atoms with Gasteiger partial charge in [-0.05, 0) is 94.8 Å². The van der Waals surface area contributed by atoms with E-state index in [0.29, 0.717) is 17.9 Å². The molecule has 12 nitrogen and oxygen atoms in total. The van der Waals surface area contributed by atoms with Crippen molar-refractivity contribution in [2.45, 2.75) is 154 Å². The smallest absolute Gasteiger partial charge is 0.317 e. The van der Waals surface area contributed by atoms with E-state index in [9.17, 15) is 4.79 Å². The lowest BCUT2D eigenvalue weighted by molar-refractivity contribution is 0.195. The molecule has 12 heteroatoms. The zero-order chi connectivity index (χ0) is 36.9. The van der Waals surface area contributed by atoms with Crippen molar-refractivity contribution in [2.75, 3.05) is 58.9 Å². The van der Waals surface area contributed by atoms with Crippen molar-refractivity contribution in [1.29, 1.82) is 0 Å². The summed E-state index contributed by atoms with van der Waals surface area (Å²) >= 11 is 0. The Labute approximate surface area is 317 Å². The van der Waals surface area contributed by atoms with Crippen LogP contribution in [-0.4, -0.2) is 87.7 Å². The number of hydrogen-bond acceptors (Lipinski definition) is 4. The molecule has 3 rings (SSSR count). The molecule has 0 aliphatic heterocycles. The molecular formula is C40H79N11O. The van der Waals surface area contributed by atoms with Gasteiger partial charge in [0.25, 0.3) is 0 Å². The Morgan fingerprint density at radius 1 is 0.423 bits per heavy atom. The summed E-state index contributed by atoms with van der Waals surface area (Å²) in [6, 6.07) is 0.117. The van der Waals surface area contributed by atoms with Crippen LogP contribution in [0.5, 0.6) is 0 Å². The van der Waals surface area contributed by atoms with E-state index in [1.165, 1.54) is 109 Å². The Morgan fingerprint density at radius 2 is 0.692 bits per heavy atom. The molecule has 10 N–H and O–H groups in total. The van der Waals surface area contributed by atoms with Gasteiger partial charge in [0.2, 0.25) is 0 Å². The number of nitrogens with zero attached hydrogens (tertiary/aromatic N) is 4. The molecule has 0 unspecified atom stereocenters. The van der Waals surface area contributed by atoms with Crippen LogP contribution in [0.3, 0.4) is 0 Å². The maximum absolute atomic E-state index is 13.2. The van der Waals surface area contributed by atoms with Gasteiger partial charge in [-0.15, -0.1) is 0 Å². The minimum absolute atomic E-state index is 0.117. The van der Waals surface area contributed by atoms with Gasteiger partial charge in [0.1, 0.15) is 0 Å². The number of guanidine groups is 3. The predicted octanol–water partition coefficient (Wildman–Crippen LogP) is 5.96. The third kappa shape index (κ3) is 25.9. The summed E-state index contributed by atoms with van der Waals surface area (Å²) in [5.74, 6) is 4.12. The molecule has 3 fully saturated rings. The van der Waals surface area contributed by atoms with Gasteiger partial charge in [-0.1, -0.05) is 77.0 Å². The molecule has 0 heterocycles. The van der Waals surface area contributed by atoms with Crippen molar-refractivity contribution in [2.24, 2.45) is 49.9 Å². The minimum Gasteiger partial charge on any atom is -0.370 e. The van der Waals surface area contributed by atoms with E-state index >= 15 is 0 Å². The fourth-order valence-electron chi connectivity index (χ4n) is 6.25. The number of hydrogen-bond donors (Lipinski definition) is 7. The summed E-state index contributed by atoms with van der Waals surface area (Å²) in [5.41, 5.74) is 17.9. The monoisotopic (exact) mass is 730 g/mol. The minimum atomic E-state index is 0.117. The molecule has 0 bridgehead atoms. The van der Waals surface area contributed by atoms with Crippen LogP contribution in [0.2, 0.25) is 0 Å². The third-order valence-corrected chi connectivity index (χ3v) is 10.4. The average molecular weight is 730 g/mol.